The maximum Gasteiger partial charge on any atom is 3.00 e. The minimum Gasteiger partial charge on any atom is -0.759 e. The zero-order chi connectivity index (χ0) is 13.5. The predicted octanol–water partition coefficient (Wildman–Crippen LogP) is -5.54. The predicted molar refractivity (Wildman–Crippen MR) is 54.4 cm³/mol. The van der Waals surface area contributed by atoms with Gasteiger partial charge in [-0.2, -0.15) is 0 Å². The molecule has 0 heterocycles. The summed E-state index contributed by atoms with van der Waals surface area (Å²) >= 11 is 0. The van der Waals surface area contributed by atoms with Crippen molar-refractivity contribution >= 4 is 135 Å². The number of rotatable bonds is 0. The van der Waals surface area contributed by atoms with Gasteiger partial charge in [0.2, 0.25) is 0 Å². The van der Waals surface area contributed by atoms with E-state index in [4.69, 9.17) is 52.6 Å². The Hall–Kier alpha value is 4.10. The normalized spacial score (nSPS) is 8.29. The molecule has 0 atom stereocenters. The number of hydrogen-bond acceptors (Lipinski definition) is 12. The van der Waals surface area contributed by atoms with Crippen LogP contribution in [0.5, 0.6) is 0 Å². The van der Waals surface area contributed by atoms with Gasteiger partial charge in [0.05, 0.1) is 0 Å². The van der Waals surface area contributed by atoms with Crippen LogP contribution in [-0.4, -0.2) is 157 Å². The third kappa shape index (κ3) is 699. The fourth-order valence-corrected chi connectivity index (χ4v) is 0. The molecule has 0 aliphatic carbocycles. The van der Waals surface area contributed by atoms with Crippen molar-refractivity contribution < 1.29 is 85.6 Å². The SMILES string of the molecule is O=S(=O)([O-])[O-].O=S(=O)([O-])[O-].O=S(=O)([O-])[O-].[Bi+3].[Bi+3].[In].[In].[Ni].[Ni]. The van der Waals surface area contributed by atoms with Gasteiger partial charge in [-0.25, -0.2) is 0 Å². The van der Waals surface area contributed by atoms with Crippen LogP contribution in [0, 0.1) is 0 Å². The summed E-state index contributed by atoms with van der Waals surface area (Å²) in [4.78, 5) is 0. The van der Waals surface area contributed by atoms with Gasteiger partial charge in [-0.05, 0) is 0 Å². The van der Waals surface area contributed by atoms with Gasteiger partial charge in [-0.3, -0.25) is 25.3 Å². The van der Waals surface area contributed by atoms with Crippen LogP contribution in [0.4, 0.5) is 0 Å². The quantitative estimate of drug-likeness (QED) is 0.126. The Morgan fingerprint density at radius 1 is 0.429 bits per heavy atom. The largest absolute Gasteiger partial charge is 3.00 e. The van der Waals surface area contributed by atoms with Crippen LogP contribution in [0.25, 0.3) is 0 Å². The van der Waals surface area contributed by atoms with E-state index in [0.717, 1.165) is 0 Å². The first-order valence-corrected chi connectivity index (χ1v) is 6.00. The fraction of sp³-hybridized carbons (Fsp3) is 0. The third-order valence-corrected chi connectivity index (χ3v) is 0. The van der Waals surface area contributed by atoms with E-state index < -0.39 is 31.2 Å². The molecule has 0 amide bonds. The molecule has 0 aromatic rings. The molecule has 0 aromatic heterocycles. The molecule has 10 radical (unpaired) electrons. The van der Waals surface area contributed by atoms with E-state index >= 15 is 0 Å². The van der Waals surface area contributed by atoms with Crippen molar-refractivity contribution in [2.75, 3.05) is 0 Å². The van der Waals surface area contributed by atoms with Crippen LogP contribution in [0.3, 0.4) is 0 Å². The molecular weight excluding hydrogens is 1050 g/mol. The summed E-state index contributed by atoms with van der Waals surface area (Å²) in [5.41, 5.74) is 0. The smallest absolute Gasteiger partial charge is 0.759 e. The minimum atomic E-state index is -5.17. The summed E-state index contributed by atoms with van der Waals surface area (Å²) in [6.45, 7) is 0. The Labute approximate surface area is 217 Å². The van der Waals surface area contributed by atoms with E-state index in [-0.39, 0.29) is 137 Å². The zero-order valence-electron chi connectivity index (χ0n) is 8.81. The van der Waals surface area contributed by atoms with Crippen molar-refractivity contribution in [3.63, 3.8) is 0 Å². The molecule has 21 heavy (non-hydrogen) atoms. The molecule has 0 bridgehead atoms. The first-order chi connectivity index (χ1) is 6.00. The molecule has 0 N–H and O–H groups in total. The van der Waals surface area contributed by atoms with Crippen molar-refractivity contribution in [2.45, 2.75) is 0 Å². The second-order valence-electron chi connectivity index (χ2n) is 1.22. The van der Waals surface area contributed by atoms with Gasteiger partial charge in [0.1, 0.15) is 0 Å². The molecule has 0 aliphatic heterocycles. The molecule has 126 valence electrons. The Kier molecular flexibility index (Phi) is 70.5. The molecule has 0 fully saturated rings. The van der Waals surface area contributed by atoms with Crippen LogP contribution >= 0.6 is 0 Å². The molecular formula is Bi2In2Ni2O12S3. The van der Waals surface area contributed by atoms with Crippen molar-refractivity contribution in [3.05, 3.63) is 0 Å². The summed E-state index contributed by atoms with van der Waals surface area (Å²) < 4.78 is 102. The van der Waals surface area contributed by atoms with Crippen molar-refractivity contribution in [3.8, 4) is 0 Å². The van der Waals surface area contributed by atoms with Gasteiger partial charge in [-0.1, -0.05) is 0 Å². The molecule has 21 heteroatoms. The summed E-state index contributed by atoms with van der Waals surface area (Å²) in [6.07, 6.45) is 0. The van der Waals surface area contributed by atoms with Crippen LogP contribution in [-0.2, 0) is 64.2 Å². The monoisotopic (exact) mass is 1050 g/mol. The van der Waals surface area contributed by atoms with Gasteiger partial charge in [0.25, 0.3) is 0 Å². The topological polar surface area (TPSA) is 241 Å². The Morgan fingerprint density at radius 3 is 0.429 bits per heavy atom. The molecule has 0 aliphatic rings. The fourth-order valence-electron chi connectivity index (χ4n) is 0. The first kappa shape index (κ1) is 56.2. The number of hydrogen-bond donors (Lipinski definition) is 0. The van der Waals surface area contributed by atoms with Crippen LogP contribution in [0.1, 0.15) is 0 Å². The molecule has 0 saturated carbocycles. The average Bonchev–Trinajstić information content (AvgIpc) is 1.41. The first-order valence-electron chi connectivity index (χ1n) is 2.00. The standard InChI is InChI=1S/2Bi.2In.2Ni.3H2O4S/c;;;;;;3*1-5(2,3)4/h;;;;;;3*(H2,1,2,3,4)/q2*+3;;;;;;;/p-6. The molecule has 0 aromatic carbocycles. The maximum absolute atomic E-state index is 8.52. The van der Waals surface area contributed by atoms with E-state index in [2.05, 4.69) is 0 Å². The van der Waals surface area contributed by atoms with Crippen molar-refractivity contribution in [1.82, 2.24) is 0 Å². The van der Waals surface area contributed by atoms with Gasteiger partial charge in [0.15, 0.2) is 0 Å². The molecule has 0 saturated heterocycles. The van der Waals surface area contributed by atoms with E-state index in [1.165, 1.54) is 0 Å². The van der Waals surface area contributed by atoms with Crippen LogP contribution < -0.4 is 0 Å². The molecule has 0 unspecified atom stereocenters. The summed E-state index contributed by atoms with van der Waals surface area (Å²) in [7, 11) is -15.5. The maximum atomic E-state index is 8.52. The molecule has 0 spiro atoms. The Bertz CT molecular complexity index is 359. The second kappa shape index (κ2) is 26.3. The third-order valence-electron chi connectivity index (χ3n) is 0. The van der Waals surface area contributed by atoms with E-state index in [9.17, 15) is 0 Å². The average molecular weight is 1050 g/mol. The Balaban J connectivity index is -0.0000000129. The summed E-state index contributed by atoms with van der Waals surface area (Å²) in [5.74, 6) is 0. The zero-order valence-corrected chi connectivity index (χ0v) is 26.8. The van der Waals surface area contributed by atoms with Crippen molar-refractivity contribution in [2.24, 2.45) is 0 Å². The van der Waals surface area contributed by atoms with Gasteiger partial charge in [-0.15, -0.1) is 0 Å². The van der Waals surface area contributed by atoms with Gasteiger partial charge in [0, 0.05) is 116 Å². The van der Waals surface area contributed by atoms with Gasteiger partial charge >= 0.3 is 52.4 Å². The van der Waals surface area contributed by atoms with Gasteiger partial charge < -0.3 is 27.3 Å². The molecule has 12 nitrogen and oxygen atoms in total. The summed E-state index contributed by atoms with van der Waals surface area (Å²) in [5, 5.41) is 0. The summed E-state index contributed by atoms with van der Waals surface area (Å²) in [6, 6.07) is 0. The van der Waals surface area contributed by atoms with Crippen molar-refractivity contribution in [1.29, 1.82) is 0 Å². The Morgan fingerprint density at radius 2 is 0.429 bits per heavy atom. The molecule has 0 rings (SSSR count). The minimum absolute atomic E-state index is 0. The van der Waals surface area contributed by atoms with Crippen LogP contribution in [0.15, 0.2) is 0 Å². The van der Waals surface area contributed by atoms with Crippen LogP contribution in [0.2, 0.25) is 0 Å². The van der Waals surface area contributed by atoms with E-state index in [1.54, 1.807) is 0 Å². The van der Waals surface area contributed by atoms with E-state index in [1.807, 2.05) is 0 Å². The van der Waals surface area contributed by atoms with E-state index in [0.29, 0.717) is 0 Å². The second-order valence-corrected chi connectivity index (χ2v) is 3.67.